The van der Waals surface area contributed by atoms with E-state index in [9.17, 15) is 0 Å². The van der Waals surface area contributed by atoms with Crippen molar-refractivity contribution in [1.82, 2.24) is 0 Å². The quantitative estimate of drug-likeness (QED) is 0.560. The zero-order chi connectivity index (χ0) is 6.69. The standard InChI is InChI=1S/C8H7Cl/c1-7(9)8-5-3-2-4-6-8/h2-6H,1H2. The average Bonchev–Trinajstić information content (AvgIpc) is 1.90. The number of rotatable bonds is 1. The molecule has 0 nitrogen and oxygen atoms in total. The summed E-state index contributed by atoms with van der Waals surface area (Å²) in [7, 11) is 0. The van der Waals surface area contributed by atoms with E-state index in [0.717, 1.165) is 5.56 Å². The van der Waals surface area contributed by atoms with Gasteiger partial charge in [0, 0.05) is 5.03 Å². The summed E-state index contributed by atoms with van der Waals surface area (Å²) in [5, 5.41) is 0.593. The molecule has 1 heteroatoms. The van der Waals surface area contributed by atoms with Gasteiger partial charge in [0.15, 0.2) is 0 Å². The SMILES string of the molecule is C=C(Cl)c1ccccc1. The lowest BCUT2D eigenvalue weighted by molar-refractivity contribution is 1.66. The summed E-state index contributed by atoms with van der Waals surface area (Å²) in [6.07, 6.45) is 0. The molecule has 1 rings (SSSR count). The third kappa shape index (κ3) is 1.58. The third-order valence-corrected chi connectivity index (χ3v) is 1.31. The first-order chi connectivity index (χ1) is 4.30. The van der Waals surface area contributed by atoms with Crippen LogP contribution in [0.3, 0.4) is 0 Å². The molecular formula is C8H7Cl. The van der Waals surface area contributed by atoms with E-state index in [1.54, 1.807) is 0 Å². The van der Waals surface area contributed by atoms with Gasteiger partial charge in [0.2, 0.25) is 0 Å². The maximum absolute atomic E-state index is 5.61. The molecule has 46 valence electrons. The summed E-state index contributed by atoms with van der Waals surface area (Å²) in [5.41, 5.74) is 0.985. The highest BCUT2D eigenvalue weighted by Crippen LogP contribution is 2.14. The summed E-state index contributed by atoms with van der Waals surface area (Å²) in [6, 6.07) is 9.67. The molecule has 0 N–H and O–H groups in total. The lowest BCUT2D eigenvalue weighted by atomic mass is 10.2. The Bertz CT molecular complexity index is 201. The van der Waals surface area contributed by atoms with Crippen molar-refractivity contribution in [2.45, 2.75) is 0 Å². The molecule has 0 bridgehead atoms. The van der Waals surface area contributed by atoms with Crippen LogP contribution < -0.4 is 0 Å². The number of hydrogen-bond donors (Lipinski definition) is 0. The summed E-state index contributed by atoms with van der Waals surface area (Å²) in [4.78, 5) is 0. The van der Waals surface area contributed by atoms with Gasteiger partial charge in [-0.15, -0.1) is 0 Å². The van der Waals surface area contributed by atoms with Crippen molar-refractivity contribution in [3.05, 3.63) is 42.5 Å². The van der Waals surface area contributed by atoms with Gasteiger partial charge in [-0.1, -0.05) is 48.5 Å². The maximum Gasteiger partial charge on any atom is 0.0406 e. The van der Waals surface area contributed by atoms with E-state index in [1.807, 2.05) is 30.3 Å². The first-order valence-electron chi connectivity index (χ1n) is 2.70. The fourth-order valence-corrected chi connectivity index (χ4v) is 0.745. The zero-order valence-electron chi connectivity index (χ0n) is 4.97. The van der Waals surface area contributed by atoms with Crippen molar-refractivity contribution in [1.29, 1.82) is 0 Å². The Labute approximate surface area is 59.8 Å². The minimum atomic E-state index is 0.593. The second kappa shape index (κ2) is 2.70. The zero-order valence-corrected chi connectivity index (χ0v) is 5.73. The highest BCUT2D eigenvalue weighted by Gasteiger charge is 1.88. The molecule has 0 saturated heterocycles. The van der Waals surface area contributed by atoms with Gasteiger partial charge in [-0.05, 0) is 5.56 Å². The Kier molecular flexibility index (Phi) is 1.91. The molecular weight excluding hydrogens is 132 g/mol. The predicted molar refractivity (Wildman–Crippen MR) is 41.3 cm³/mol. The van der Waals surface area contributed by atoms with Crippen molar-refractivity contribution in [3.63, 3.8) is 0 Å². The molecule has 0 fully saturated rings. The van der Waals surface area contributed by atoms with Crippen molar-refractivity contribution in [3.8, 4) is 0 Å². The van der Waals surface area contributed by atoms with Gasteiger partial charge < -0.3 is 0 Å². The second-order valence-electron chi connectivity index (χ2n) is 1.77. The van der Waals surface area contributed by atoms with Crippen LogP contribution in [0.2, 0.25) is 0 Å². The average molecular weight is 139 g/mol. The van der Waals surface area contributed by atoms with E-state index in [1.165, 1.54) is 0 Å². The van der Waals surface area contributed by atoms with Gasteiger partial charge in [-0.2, -0.15) is 0 Å². The number of benzene rings is 1. The van der Waals surface area contributed by atoms with Crippen LogP contribution in [0.4, 0.5) is 0 Å². The molecule has 0 radical (unpaired) electrons. The van der Waals surface area contributed by atoms with Gasteiger partial charge in [0.05, 0.1) is 0 Å². The van der Waals surface area contributed by atoms with Gasteiger partial charge in [-0.3, -0.25) is 0 Å². The molecule has 0 aromatic heterocycles. The highest BCUT2D eigenvalue weighted by molar-refractivity contribution is 6.48. The van der Waals surface area contributed by atoms with Crippen LogP contribution in [0.1, 0.15) is 5.56 Å². The molecule has 9 heavy (non-hydrogen) atoms. The fraction of sp³-hybridized carbons (Fsp3) is 0. The topological polar surface area (TPSA) is 0 Å². The Morgan fingerprint density at radius 3 is 2.11 bits per heavy atom. The summed E-state index contributed by atoms with van der Waals surface area (Å²) in [6.45, 7) is 3.59. The molecule has 0 unspecified atom stereocenters. The van der Waals surface area contributed by atoms with E-state index in [2.05, 4.69) is 6.58 Å². The lowest BCUT2D eigenvalue weighted by Gasteiger charge is -1.92. The van der Waals surface area contributed by atoms with Crippen LogP contribution in [0, 0.1) is 0 Å². The van der Waals surface area contributed by atoms with Gasteiger partial charge in [0.25, 0.3) is 0 Å². The minimum absolute atomic E-state index is 0.593. The predicted octanol–water partition coefficient (Wildman–Crippen LogP) is 2.90. The maximum atomic E-state index is 5.61. The fourth-order valence-electron chi connectivity index (χ4n) is 0.619. The van der Waals surface area contributed by atoms with Crippen molar-refractivity contribution < 1.29 is 0 Å². The second-order valence-corrected chi connectivity index (χ2v) is 2.23. The smallest absolute Gasteiger partial charge is 0.0406 e. The highest BCUT2D eigenvalue weighted by atomic mass is 35.5. The minimum Gasteiger partial charge on any atom is -0.0843 e. The van der Waals surface area contributed by atoms with Gasteiger partial charge in [-0.25, -0.2) is 0 Å². The van der Waals surface area contributed by atoms with E-state index >= 15 is 0 Å². The molecule has 0 aliphatic carbocycles. The summed E-state index contributed by atoms with van der Waals surface area (Å²) in [5.74, 6) is 0. The summed E-state index contributed by atoms with van der Waals surface area (Å²) >= 11 is 5.61. The molecule has 0 heterocycles. The van der Waals surface area contributed by atoms with Gasteiger partial charge in [0.1, 0.15) is 0 Å². The van der Waals surface area contributed by atoms with Crippen LogP contribution >= 0.6 is 11.6 Å². The summed E-state index contributed by atoms with van der Waals surface area (Å²) < 4.78 is 0. The Balaban J connectivity index is 2.98. The molecule has 0 spiro atoms. The molecule has 0 amide bonds. The van der Waals surface area contributed by atoms with Crippen molar-refractivity contribution >= 4 is 16.6 Å². The van der Waals surface area contributed by atoms with Crippen molar-refractivity contribution in [2.75, 3.05) is 0 Å². The van der Waals surface area contributed by atoms with Crippen LogP contribution in [0.25, 0.3) is 5.03 Å². The van der Waals surface area contributed by atoms with E-state index in [0.29, 0.717) is 5.03 Å². The molecule has 0 aliphatic rings. The number of hydrogen-bond acceptors (Lipinski definition) is 0. The van der Waals surface area contributed by atoms with Crippen molar-refractivity contribution in [2.24, 2.45) is 0 Å². The Morgan fingerprint density at radius 1 is 1.22 bits per heavy atom. The van der Waals surface area contributed by atoms with Crippen LogP contribution in [-0.4, -0.2) is 0 Å². The largest absolute Gasteiger partial charge is 0.0843 e. The Hall–Kier alpha value is -0.750. The molecule has 0 aliphatic heterocycles. The van der Waals surface area contributed by atoms with E-state index in [4.69, 9.17) is 11.6 Å². The first-order valence-corrected chi connectivity index (χ1v) is 3.08. The first kappa shape index (κ1) is 6.37. The molecule has 0 atom stereocenters. The van der Waals surface area contributed by atoms with E-state index in [-0.39, 0.29) is 0 Å². The lowest BCUT2D eigenvalue weighted by Crippen LogP contribution is -1.70. The normalized spacial score (nSPS) is 9.00. The van der Waals surface area contributed by atoms with Crippen LogP contribution in [0.15, 0.2) is 36.9 Å². The molecule has 0 saturated carbocycles. The van der Waals surface area contributed by atoms with E-state index < -0.39 is 0 Å². The van der Waals surface area contributed by atoms with Crippen LogP contribution in [0.5, 0.6) is 0 Å². The molecule has 1 aromatic carbocycles. The van der Waals surface area contributed by atoms with Crippen LogP contribution in [-0.2, 0) is 0 Å². The monoisotopic (exact) mass is 138 g/mol. The third-order valence-electron chi connectivity index (χ3n) is 1.09. The van der Waals surface area contributed by atoms with Gasteiger partial charge >= 0.3 is 0 Å². The number of halogens is 1. The Morgan fingerprint density at radius 2 is 1.78 bits per heavy atom. The molecule has 1 aromatic rings.